The van der Waals surface area contributed by atoms with Gasteiger partial charge in [0.1, 0.15) is 17.2 Å². The van der Waals surface area contributed by atoms with Crippen molar-refractivity contribution in [2.45, 2.75) is 6.54 Å². The van der Waals surface area contributed by atoms with Crippen molar-refractivity contribution in [3.05, 3.63) is 66.2 Å². The molecule has 5 heteroatoms. The molecule has 26 heavy (non-hydrogen) atoms. The molecular formula is C21H21NO4. The highest BCUT2D eigenvalue weighted by Gasteiger charge is 2.05. The molecule has 0 bridgehead atoms. The minimum Gasteiger partial charge on any atom is -0.497 e. The maximum absolute atomic E-state index is 12.0. The smallest absolute Gasteiger partial charge is 0.258 e. The molecule has 3 aromatic rings. The van der Waals surface area contributed by atoms with Crippen molar-refractivity contribution in [1.29, 1.82) is 0 Å². The topological polar surface area (TPSA) is 56.8 Å². The van der Waals surface area contributed by atoms with Crippen molar-refractivity contribution in [1.82, 2.24) is 5.32 Å². The van der Waals surface area contributed by atoms with Gasteiger partial charge in [0.05, 0.1) is 14.2 Å². The van der Waals surface area contributed by atoms with Gasteiger partial charge in [0.15, 0.2) is 6.61 Å². The van der Waals surface area contributed by atoms with Crippen LogP contribution >= 0.6 is 0 Å². The van der Waals surface area contributed by atoms with Crippen LogP contribution < -0.4 is 19.5 Å². The summed E-state index contributed by atoms with van der Waals surface area (Å²) in [6.07, 6.45) is 0. The summed E-state index contributed by atoms with van der Waals surface area (Å²) in [5, 5.41) is 4.92. The van der Waals surface area contributed by atoms with E-state index in [0.717, 1.165) is 27.8 Å². The largest absolute Gasteiger partial charge is 0.497 e. The maximum Gasteiger partial charge on any atom is 0.258 e. The third-order valence-electron chi connectivity index (χ3n) is 4.01. The van der Waals surface area contributed by atoms with Gasteiger partial charge in [0.2, 0.25) is 0 Å². The lowest BCUT2D eigenvalue weighted by Crippen LogP contribution is -2.28. The highest BCUT2D eigenvalue weighted by Crippen LogP contribution is 2.24. The van der Waals surface area contributed by atoms with E-state index in [2.05, 4.69) is 5.32 Å². The Hall–Kier alpha value is -3.21. The molecule has 0 aliphatic heterocycles. The molecule has 0 radical (unpaired) electrons. The summed E-state index contributed by atoms with van der Waals surface area (Å²) in [6, 6.07) is 19.1. The Morgan fingerprint density at radius 3 is 2.31 bits per heavy atom. The van der Waals surface area contributed by atoms with E-state index in [1.54, 1.807) is 14.2 Å². The molecule has 0 saturated carbocycles. The second-order valence-electron chi connectivity index (χ2n) is 5.79. The van der Waals surface area contributed by atoms with E-state index >= 15 is 0 Å². The van der Waals surface area contributed by atoms with E-state index in [1.807, 2.05) is 60.7 Å². The monoisotopic (exact) mass is 351 g/mol. The van der Waals surface area contributed by atoms with Crippen LogP contribution in [0.1, 0.15) is 5.56 Å². The Morgan fingerprint density at radius 2 is 1.54 bits per heavy atom. The second-order valence-corrected chi connectivity index (χ2v) is 5.79. The number of amides is 1. The highest BCUT2D eigenvalue weighted by atomic mass is 16.5. The Balaban J connectivity index is 1.56. The number of carbonyl (C=O) groups is 1. The molecule has 0 heterocycles. The van der Waals surface area contributed by atoms with Crippen LogP contribution in [0.25, 0.3) is 10.8 Å². The Bertz CT molecular complexity index is 907. The van der Waals surface area contributed by atoms with Crippen molar-refractivity contribution in [2.75, 3.05) is 20.8 Å². The van der Waals surface area contributed by atoms with Crippen LogP contribution in [0.3, 0.4) is 0 Å². The lowest BCUT2D eigenvalue weighted by Gasteiger charge is -2.09. The van der Waals surface area contributed by atoms with Crippen LogP contribution in [0.4, 0.5) is 0 Å². The standard InChI is InChI=1S/C21H21NO4/c1-24-18-5-3-4-15(10-18)13-22-21(23)14-26-20-9-7-16-6-8-19(25-2)11-17(16)12-20/h3-12H,13-14H2,1-2H3,(H,22,23). The van der Waals surface area contributed by atoms with Crippen LogP contribution in [-0.4, -0.2) is 26.7 Å². The number of nitrogens with one attached hydrogen (secondary N) is 1. The van der Waals surface area contributed by atoms with E-state index in [1.165, 1.54) is 0 Å². The van der Waals surface area contributed by atoms with Gasteiger partial charge in [-0.15, -0.1) is 0 Å². The summed E-state index contributed by atoms with van der Waals surface area (Å²) in [6.45, 7) is 0.383. The number of hydrogen-bond donors (Lipinski definition) is 1. The van der Waals surface area contributed by atoms with Gasteiger partial charge >= 0.3 is 0 Å². The molecule has 0 aliphatic rings. The van der Waals surface area contributed by atoms with E-state index in [-0.39, 0.29) is 12.5 Å². The van der Waals surface area contributed by atoms with Gasteiger partial charge in [-0.25, -0.2) is 0 Å². The molecule has 5 nitrogen and oxygen atoms in total. The van der Waals surface area contributed by atoms with E-state index in [0.29, 0.717) is 12.3 Å². The third-order valence-corrected chi connectivity index (χ3v) is 4.01. The fraction of sp³-hybridized carbons (Fsp3) is 0.190. The van der Waals surface area contributed by atoms with Gasteiger partial charge in [-0.1, -0.05) is 24.3 Å². The quantitative estimate of drug-likeness (QED) is 0.707. The molecule has 0 atom stereocenters. The molecule has 3 aromatic carbocycles. The average Bonchev–Trinajstić information content (AvgIpc) is 2.70. The number of methoxy groups -OCH3 is 2. The highest BCUT2D eigenvalue weighted by molar-refractivity contribution is 5.85. The second kappa shape index (κ2) is 8.25. The van der Waals surface area contributed by atoms with Crippen molar-refractivity contribution < 1.29 is 19.0 Å². The first kappa shape index (κ1) is 17.6. The van der Waals surface area contributed by atoms with Gasteiger partial charge in [-0.3, -0.25) is 4.79 Å². The summed E-state index contributed by atoms with van der Waals surface area (Å²) in [5.74, 6) is 2.01. The van der Waals surface area contributed by atoms with Crippen molar-refractivity contribution in [2.24, 2.45) is 0 Å². The van der Waals surface area contributed by atoms with E-state index in [9.17, 15) is 4.79 Å². The number of rotatable bonds is 7. The maximum atomic E-state index is 12.0. The predicted molar refractivity (Wildman–Crippen MR) is 101 cm³/mol. The zero-order valence-electron chi connectivity index (χ0n) is 14.8. The molecule has 1 N–H and O–H groups in total. The summed E-state index contributed by atoms with van der Waals surface area (Å²) in [5.41, 5.74) is 0.968. The molecular weight excluding hydrogens is 330 g/mol. The summed E-state index contributed by atoms with van der Waals surface area (Å²) in [7, 11) is 3.25. The number of carbonyl (C=O) groups excluding carboxylic acids is 1. The number of hydrogen-bond acceptors (Lipinski definition) is 4. The molecule has 3 rings (SSSR count). The third kappa shape index (κ3) is 4.45. The average molecular weight is 351 g/mol. The number of ether oxygens (including phenoxy) is 3. The lowest BCUT2D eigenvalue weighted by molar-refractivity contribution is -0.123. The minimum absolute atomic E-state index is 0.0422. The van der Waals surface area contributed by atoms with Crippen LogP contribution in [0.2, 0.25) is 0 Å². The summed E-state index contributed by atoms with van der Waals surface area (Å²) >= 11 is 0. The van der Waals surface area contributed by atoms with Gasteiger partial charge in [-0.05, 0) is 52.7 Å². The van der Waals surface area contributed by atoms with Crippen molar-refractivity contribution in [3.63, 3.8) is 0 Å². The Morgan fingerprint density at radius 1 is 0.846 bits per heavy atom. The zero-order chi connectivity index (χ0) is 18.4. The molecule has 134 valence electrons. The number of benzene rings is 3. The molecule has 0 saturated heterocycles. The molecule has 0 aliphatic carbocycles. The minimum atomic E-state index is -0.182. The van der Waals surface area contributed by atoms with E-state index in [4.69, 9.17) is 14.2 Å². The SMILES string of the molecule is COc1cccc(CNC(=O)COc2ccc3ccc(OC)cc3c2)c1. The number of fused-ring (bicyclic) bond motifs is 1. The Labute approximate surface area is 152 Å². The van der Waals surface area contributed by atoms with Crippen molar-refractivity contribution in [3.8, 4) is 17.2 Å². The van der Waals surface area contributed by atoms with Crippen LogP contribution in [0, 0.1) is 0 Å². The molecule has 0 fully saturated rings. The molecule has 0 spiro atoms. The first-order chi connectivity index (χ1) is 12.7. The van der Waals surface area contributed by atoms with Gasteiger partial charge < -0.3 is 19.5 Å². The van der Waals surface area contributed by atoms with Gasteiger partial charge in [0, 0.05) is 6.54 Å². The predicted octanol–water partition coefficient (Wildman–Crippen LogP) is 3.55. The van der Waals surface area contributed by atoms with Crippen LogP contribution in [-0.2, 0) is 11.3 Å². The first-order valence-electron chi connectivity index (χ1n) is 8.28. The van der Waals surface area contributed by atoms with Crippen molar-refractivity contribution >= 4 is 16.7 Å². The molecule has 0 aromatic heterocycles. The molecule has 0 unspecified atom stereocenters. The normalized spacial score (nSPS) is 10.4. The first-order valence-corrected chi connectivity index (χ1v) is 8.28. The van der Waals surface area contributed by atoms with E-state index < -0.39 is 0 Å². The Kier molecular flexibility index (Phi) is 5.59. The van der Waals surface area contributed by atoms with Gasteiger partial charge in [-0.2, -0.15) is 0 Å². The van der Waals surface area contributed by atoms with Gasteiger partial charge in [0.25, 0.3) is 5.91 Å². The summed E-state index contributed by atoms with van der Waals surface area (Å²) in [4.78, 5) is 12.0. The summed E-state index contributed by atoms with van der Waals surface area (Å²) < 4.78 is 16.0. The van der Waals surface area contributed by atoms with Crippen LogP contribution in [0.15, 0.2) is 60.7 Å². The molecule has 1 amide bonds. The zero-order valence-corrected chi connectivity index (χ0v) is 14.8. The van der Waals surface area contributed by atoms with Crippen LogP contribution in [0.5, 0.6) is 17.2 Å². The fourth-order valence-corrected chi connectivity index (χ4v) is 2.60. The fourth-order valence-electron chi connectivity index (χ4n) is 2.60. The lowest BCUT2D eigenvalue weighted by atomic mass is 10.1.